The lowest BCUT2D eigenvalue weighted by molar-refractivity contribution is 0.444. The molecule has 2 N–H and O–H groups in total. The van der Waals surface area contributed by atoms with E-state index in [1.165, 1.54) is 51.4 Å². The molecule has 0 spiro atoms. The number of piperidine rings is 1. The van der Waals surface area contributed by atoms with Crippen LogP contribution in [0.15, 0.2) is 18.3 Å². The average molecular weight is 347 g/mol. The largest absolute Gasteiger partial charge is 0.360 e. The van der Waals surface area contributed by atoms with E-state index in [-0.39, 0.29) is 0 Å². The highest BCUT2D eigenvalue weighted by Crippen LogP contribution is 2.22. The van der Waals surface area contributed by atoms with Crippen molar-refractivity contribution in [1.29, 1.82) is 0 Å². The van der Waals surface area contributed by atoms with Gasteiger partial charge in [-0.15, -0.1) is 0 Å². The van der Waals surface area contributed by atoms with Crippen molar-refractivity contribution in [2.75, 3.05) is 23.3 Å². The van der Waals surface area contributed by atoms with Gasteiger partial charge in [-0.2, -0.15) is 0 Å². The fraction of sp³-hybridized carbons (Fsp3) is 0.684. The van der Waals surface area contributed by atoms with Gasteiger partial charge < -0.3 is 15.5 Å². The lowest BCUT2D eigenvalue weighted by atomic mass is 10.0. The predicted molar refractivity (Wildman–Crippen MR) is 106 cm³/mol. The fourth-order valence-corrected chi connectivity index (χ4v) is 4.11. The van der Waals surface area contributed by atoms with Crippen LogP contribution >= 0.6 is 12.2 Å². The average Bonchev–Trinajstić information content (AvgIpc) is 2.84. The summed E-state index contributed by atoms with van der Waals surface area (Å²) in [5.74, 6) is 1.84. The molecular formula is C19H30N4S. The molecule has 1 aliphatic carbocycles. The third kappa shape index (κ3) is 5.07. The number of pyridine rings is 1. The fourth-order valence-electron chi connectivity index (χ4n) is 3.82. The van der Waals surface area contributed by atoms with Crippen LogP contribution in [0.3, 0.4) is 0 Å². The first kappa shape index (κ1) is 17.5. The summed E-state index contributed by atoms with van der Waals surface area (Å²) in [6.07, 6.45) is 12.3. The van der Waals surface area contributed by atoms with Gasteiger partial charge in [0, 0.05) is 19.1 Å². The maximum atomic E-state index is 5.47. The topological polar surface area (TPSA) is 40.2 Å². The monoisotopic (exact) mass is 346 g/mol. The van der Waals surface area contributed by atoms with Gasteiger partial charge in [0.1, 0.15) is 5.82 Å². The van der Waals surface area contributed by atoms with Gasteiger partial charge in [-0.1, -0.05) is 32.6 Å². The minimum absolute atomic E-state index is 0.523. The molecule has 2 heterocycles. The van der Waals surface area contributed by atoms with Gasteiger partial charge in [-0.3, -0.25) is 0 Å². The summed E-state index contributed by atoms with van der Waals surface area (Å²) in [7, 11) is 0. The van der Waals surface area contributed by atoms with Crippen molar-refractivity contribution in [2.24, 2.45) is 5.92 Å². The Labute approximate surface area is 151 Å². The van der Waals surface area contributed by atoms with E-state index in [1.807, 2.05) is 6.20 Å². The van der Waals surface area contributed by atoms with E-state index in [0.717, 1.165) is 35.6 Å². The normalized spacial score (nSPS) is 22.7. The summed E-state index contributed by atoms with van der Waals surface area (Å²) in [5.41, 5.74) is 0.968. The molecule has 1 saturated carbocycles. The molecule has 24 heavy (non-hydrogen) atoms. The van der Waals surface area contributed by atoms with Crippen LogP contribution in [0.1, 0.15) is 58.3 Å². The van der Waals surface area contributed by atoms with E-state index in [4.69, 9.17) is 12.2 Å². The van der Waals surface area contributed by atoms with Crippen LogP contribution in [0.5, 0.6) is 0 Å². The van der Waals surface area contributed by atoms with Crippen molar-refractivity contribution in [3.63, 3.8) is 0 Å². The minimum Gasteiger partial charge on any atom is -0.360 e. The van der Waals surface area contributed by atoms with Crippen LogP contribution < -0.4 is 15.5 Å². The number of thiocarbonyl (C=S) groups is 1. The molecule has 0 unspecified atom stereocenters. The Morgan fingerprint density at radius 3 is 2.58 bits per heavy atom. The highest BCUT2D eigenvalue weighted by atomic mass is 32.1. The van der Waals surface area contributed by atoms with Crippen molar-refractivity contribution in [1.82, 2.24) is 10.3 Å². The first-order chi connectivity index (χ1) is 11.7. The number of hydrogen-bond acceptors (Lipinski definition) is 3. The summed E-state index contributed by atoms with van der Waals surface area (Å²) in [6, 6.07) is 4.71. The number of aromatic nitrogens is 1. The molecule has 1 aliphatic heterocycles. The van der Waals surface area contributed by atoms with Gasteiger partial charge >= 0.3 is 0 Å². The summed E-state index contributed by atoms with van der Waals surface area (Å²) in [4.78, 5) is 7.02. The molecule has 2 fully saturated rings. The third-order valence-corrected chi connectivity index (χ3v) is 5.40. The Bertz CT molecular complexity index is 523. The highest BCUT2D eigenvalue weighted by molar-refractivity contribution is 7.80. The van der Waals surface area contributed by atoms with Crippen LogP contribution in [0.4, 0.5) is 11.5 Å². The van der Waals surface area contributed by atoms with Crippen molar-refractivity contribution < 1.29 is 0 Å². The maximum absolute atomic E-state index is 5.47. The minimum atomic E-state index is 0.523. The van der Waals surface area contributed by atoms with Crippen molar-refractivity contribution >= 4 is 28.8 Å². The zero-order valence-corrected chi connectivity index (χ0v) is 15.6. The number of rotatable bonds is 3. The lowest BCUT2D eigenvalue weighted by Gasteiger charge is -2.31. The lowest BCUT2D eigenvalue weighted by Crippen LogP contribution is -2.37. The van der Waals surface area contributed by atoms with Crippen LogP contribution in [0.25, 0.3) is 0 Å². The summed E-state index contributed by atoms with van der Waals surface area (Å²) in [5, 5.41) is 7.49. The number of hydrogen-bond donors (Lipinski definition) is 2. The van der Waals surface area contributed by atoms with Gasteiger partial charge in [0.2, 0.25) is 0 Å². The van der Waals surface area contributed by atoms with E-state index < -0.39 is 0 Å². The predicted octanol–water partition coefficient (Wildman–Crippen LogP) is 4.33. The summed E-state index contributed by atoms with van der Waals surface area (Å²) >= 11 is 5.47. The maximum Gasteiger partial charge on any atom is 0.171 e. The van der Waals surface area contributed by atoms with Gasteiger partial charge in [0.25, 0.3) is 0 Å². The smallest absolute Gasteiger partial charge is 0.171 e. The molecule has 5 heteroatoms. The molecule has 0 aromatic carbocycles. The Hall–Kier alpha value is -1.36. The zero-order valence-electron chi connectivity index (χ0n) is 14.8. The summed E-state index contributed by atoms with van der Waals surface area (Å²) < 4.78 is 0. The quantitative estimate of drug-likeness (QED) is 0.630. The Morgan fingerprint density at radius 2 is 1.92 bits per heavy atom. The Kier molecular flexibility index (Phi) is 6.30. The van der Waals surface area contributed by atoms with E-state index in [9.17, 15) is 0 Å². The first-order valence-electron chi connectivity index (χ1n) is 9.49. The first-order valence-corrected chi connectivity index (χ1v) is 9.90. The van der Waals surface area contributed by atoms with Crippen LogP contribution in [0, 0.1) is 5.92 Å². The molecule has 1 saturated heterocycles. The van der Waals surface area contributed by atoms with E-state index in [0.29, 0.717) is 6.04 Å². The van der Waals surface area contributed by atoms with Gasteiger partial charge in [-0.25, -0.2) is 4.98 Å². The molecule has 132 valence electrons. The highest BCUT2D eigenvalue weighted by Gasteiger charge is 2.17. The molecular weight excluding hydrogens is 316 g/mol. The second-order valence-electron chi connectivity index (χ2n) is 7.39. The molecule has 2 aliphatic rings. The van der Waals surface area contributed by atoms with E-state index in [2.05, 4.69) is 39.6 Å². The second kappa shape index (κ2) is 8.65. The zero-order chi connectivity index (χ0) is 16.8. The number of nitrogens with one attached hydrogen (secondary N) is 2. The number of anilines is 2. The molecule has 0 bridgehead atoms. The molecule has 1 atom stereocenters. The molecule has 4 nitrogen and oxygen atoms in total. The second-order valence-corrected chi connectivity index (χ2v) is 7.79. The molecule has 0 amide bonds. The Balaban J connectivity index is 1.50. The number of nitrogens with zero attached hydrogens (tertiary/aromatic N) is 2. The van der Waals surface area contributed by atoms with Crippen molar-refractivity contribution in [3.05, 3.63) is 18.3 Å². The van der Waals surface area contributed by atoms with Crippen molar-refractivity contribution in [3.8, 4) is 0 Å². The molecule has 1 aromatic heterocycles. The van der Waals surface area contributed by atoms with Crippen molar-refractivity contribution in [2.45, 2.75) is 64.3 Å². The SMILES string of the molecule is C[C@@H]1CCCN(c2ccc(NC(=S)NC3CCCCCC3)cn2)C1. The standard InChI is InChI=1S/C19H30N4S/c1-15-7-6-12-23(14-15)18-11-10-17(13-20-18)22-19(24)21-16-8-4-2-3-5-9-16/h10-11,13,15-16H,2-9,12,14H2,1H3,(H2,21,22,24)/t15-/m1/s1. The summed E-state index contributed by atoms with van der Waals surface area (Å²) in [6.45, 7) is 4.55. The van der Waals surface area contributed by atoms with Gasteiger partial charge in [0.15, 0.2) is 5.11 Å². The third-order valence-electron chi connectivity index (χ3n) is 5.18. The van der Waals surface area contributed by atoms with Crippen LogP contribution in [-0.2, 0) is 0 Å². The van der Waals surface area contributed by atoms with Crippen LogP contribution in [0.2, 0.25) is 0 Å². The van der Waals surface area contributed by atoms with Crippen LogP contribution in [-0.4, -0.2) is 29.2 Å². The van der Waals surface area contributed by atoms with E-state index >= 15 is 0 Å². The molecule has 1 aromatic rings. The Morgan fingerprint density at radius 1 is 1.12 bits per heavy atom. The van der Waals surface area contributed by atoms with E-state index in [1.54, 1.807) is 0 Å². The molecule has 0 radical (unpaired) electrons. The van der Waals surface area contributed by atoms with Gasteiger partial charge in [0.05, 0.1) is 11.9 Å². The molecule has 3 rings (SSSR count). The van der Waals surface area contributed by atoms with Gasteiger partial charge in [-0.05, 0) is 56.0 Å².